The maximum Gasteiger partial charge on any atom is 0.330 e. The summed E-state index contributed by atoms with van der Waals surface area (Å²) in [5.74, 6) is -1.52. The fraction of sp³-hybridized carbons (Fsp3) is 0.158. The largest absolute Gasteiger partial charge is 0.454 e. The minimum atomic E-state index is -0.720. The van der Waals surface area contributed by atoms with Crippen molar-refractivity contribution in [3.8, 4) is 11.4 Å². The van der Waals surface area contributed by atoms with Gasteiger partial charge in [0.25, 0.3) is 11.8 Å². The molecule has 0 saturated heterocycles. The van der Waals surface area contributed by atoms with Gasteiger partial charge in [0, 0.05) is 11.1 Å². The van der Waals surface area contributed by atoms with Crippen LogP contribution in [0.25, 0.3) is 11.4 Å². The summed E-state index contributed by atoms with van der Waals surface area (Å²) in [5, 5.41) is 11.8. The van der Waals surface area contributed by atoms with Crippen molar-refractivity contribution in [1.29, 1.82) is 0 Å². The van der Waals surface area contributed by atoms with Gasteiger partial charge in [-0.15, -0.1) is 10.2 Å². The molecule has 29 heavy (non-hydrogen) atoms. The Morgan fingerprint density at radius 2 is 1.72 bits per heavy atom. The number of aryl methyl sites for hydroxylation is 1. The number of hydrazine groups is 1. The van der Waals surface area contributed by atoms with E-state index in [-0.39, 0.29) is 6.54 Å². The predicted molar refractivity (Wildman–Crippen MR) is 101 cm³/mol. The molecule has 3 aromatic rings. The van der Waals surface area contributed by atoms with Crippen molar-refractivity contribution in [2.75, 3.05) is 6.61 Å². The van der Waals surface area contributed by atoms with Crippen molar-refractivity contribution < 1.29 is 19.1 Å². The topological polar surface area (TPSA) is 128 Å². The number of tetrazole rings is 1. The fourth-order valence-corrected chi connectivity index (χ4v) is 2.26. The lowest BCUT2D eigenvalue weighted by Crippen LogP contribution is -2.43. The molecule has 0 fully saturated rings. The third-order valence-electron chi connectivity index (χ3n) is 3.75. The van der Waals surface area contributed by atoms with Crippen molar-refractivity contribution in [3.63, 3.8) is 0 Å². The van der Waals surface area contributed by atoms with Gasteiger partial charge in [-0.25, -0.2) is 4.79 Å². The first-order valence-electron chi connectivity index (χ1n) is 8.66. The van der Waals surface area contributed by atoms with Gasteiger partial charge >= 0.3 is 5.97 Å². The Morgan fingerprint density at radius 1 is 1.00 bits per heavy atom. The van der Waals surface area contributed by atoms with Gasteiger partial charge in [-0.3, -0.25) is 20.4 Å². The maximum atomic E-state index is 11.8. The number of carbonyl (C=O) groups is 3. The van der Waals surface area contributed by atoms with Crippen LogP contribution in [0.3, 0.4) is 0 Å². The number of amides is 2. The number of rotatable bonds is 6. The molecule has 1 heterocycles. The van der Waals surface area contributed by atoms with E-state index >= 15 is 0 Å². The van der Waals surface area contributed by atoms with E-state index in [9.17, 15) is 14.4 Å². The van der Waals surface area contributed by atoms with Crippen LogP contribution >= 0.6 is 0 Å². The van der Waals surface area contributed by atoms with Gasteiger partial charge in [0.05, 0.1) is 0 Å². The lowest BCUT2D eigenvalue weighted by atomic mass is 10.1. The van der Waals surface area contributed by atoms with Gasteiger partial charge in [-0.1, -0.05) is 48.0 Å². The van der Waals surface area contributed by atoms with Gasteiger partial charge in [0.2, 0.25) is 5.82 Å². The molecular weight excluding hydrogens is 376 g/mol. The molecule has 0 aliphatic heterocycles. The molecule has 2 amide bonds. The smallest absolute Gasteiger partial charge is 0.330 e. The van der Waals surface area contributed by atoms with Gasteiger partial charge in [0.15, 0.2) is 13.2 Å². The summed E-state index contributed by atoms with van der Waals surface area (Å²) < 4.78 is 4.85. The van der Waals surface area contributed by atoms with E-state index in [1.807, 2.05) is 31.2 Å². The molecule has 10 heteroatoms. The van der Waals surface area contributed by atoms with Crippen molar-refractivity contribution in [3.05, 3.63) is 65.7 Å². The van der Waals surface area contributed by atoms with Crippen molar-refractivity contribution in [2.24, 2.45) is 0 Å². The normalized spacial score (nSPS) is 10.2. The van der Waals surface area contributed by atoms with Crippen molar-refractivity contribution in [2.45, 2.75) is 13.5 Å². The number of hydrogen-bond donors (Lipinski definition) is 2. The molecule has 0 radical (unpaired) electrons. The van der Waals surface area contributed by atoms with Crippen LogP contribution in [0.4, 0.5) is 0 Å². The molecule has 1 aromatic heterocycles. The molecular formula is C19H18N6O4. The third-order valence-corrected chi connectivity index (χ3v) is 3.75. The van der Waals surface area contributed by atoms with Crippen LogP contribution in [0.1, 0.15) is 15.9 Å². The van der Waals surface area contributed by atoms with E-state index in [4.69, 9.17) is 4.74 Å². The van der Waals surface area contributed by atoms with E-state index < -0.39 is 24.4 Å². The van der Waals surface area contributed by atoms with Gasteiger partial charge in [0.1, 0.15) is 0 Å². The zero-order valence-corrected chi connectivity index (χ0v) is 15.5. The molecule has 0 aliphatic rings. The fourth-order valence-electron chi connectivity index (χ4n) is 2.26. The molecule has 0 bridgehead atoms. The number of nitrogens with zero attached hydrogens (tertiary/aromatic N) is 4. The number of ether oxygens (including phenoxy) is 1. The van der Waals surface area contributed by atoms with Crippen LogP contribution in [0, 0.1) is 6.92 Å². The van der Waals surface area contributed by atoms with Crippen LogP contribution in [-0.2, 0) is 20.9 Å². The second kappa shape index (κ2) is 9.22. The molecule has 0 atom stereocenters. The highest BCUT2D eigenvalue weighted by atomic mass is 16.5. The molecule has 0 unspecified atom stereocenters. The highest BCUT2D eigenvalue weighted by molar-refractivity contribution is 5.95. The number of hydrogen-bond acceptors (Lipinski definition) is 7. The summed E-state index contributed by atoms with van der Waals surface area (Å²) in [6.07, 6.45) is 0. The maximum absolute atomic E-state index is 11.8. The number of aromatic nitrogens is 4. The molecule has 0 spiro atoms. The Kier molecular flexibility index (Phi) is 6.25. The Bertz CT molecular complexity index is 1000. The molecule has 2 N–H and O–H groups in total. The van der Waals surface area contributed by atoms with Gasteiger partial charge in [-0.2, -0.15) is 4.80 Å². The quantitative estimate of drug-likeness (QED) is 0.464. The molecule has 3 rings (SSSR count). The summed E-state index contributed by atoms with van der Waals surface area (Å²) in [4.78, 5) is 36.4. The second-order valence-corrected chi connectivity index (χ2v) is 6.04. The predicted octanol–water partition coefficient (Wildman–Crippen LogP) is 0.653. The monoisotopic (exact) mass is 394 g/mol. The lowest BCUT2D eigenvalue weighted by molar-refractivity contribution is -0.149. The minimum absolute atomic E-state index is 0.303. The summed E-state index contributed by atoms with van der Waals surface area (Å²) in [5.41, 5.74) is 6.64. The number of benzene rings is 2. The standard InChI is InChI=1S/C19H18N6O4/c1-13-7-9-14(10-8-13)18-21-24-25(23-18)11-17(27)29-12-16(26)20-22-19(28)15-5-3-2-4-6-15/h2-10H,11-12H2,1H3,(H,20,26)(H,22,28). The molecule has 10 nitrogen and oxygen atoms in total. The first-order chi connectivity index (χ1) is 14.0. The molecule has 0 aliphatic carbocycles. The van der Waals surface area contributed by atoms with Crippen molar-refractivity contribution >= 4 is 17.8 Å². The first-order valence-corrected chi connectivity index (χ1v) is 8.66. The van der Waals surface area contributed by atoms with Crippen LogP contribution in [-0.4, -0.2) is 44.6 Å². The Balaban J connectivity index is 1.42. The number of nitrogens with one attached hydrogen (secondary N) is 2. The van der Waals surface area contributed by atoms with Gasteiger partial charge in [-0.05, 0) is 24.3 Å². The van der Waals surface area contributed by atoms with Crippen LogP contribution in [0.2, 0.25) is 0 Å². The highest BCUT2D eigenvalue weighted by Gasteiger charge is 2.13. The first kappa shape index (κ1) is 19.7. The summed E-state index contributed by atoms with van der Waals surface area (Å²) in [7, 11) is 0. The SMILES string of the molecule is Cc1ccc(-c2nnn(CC(=O)OCC(=O)NNC(=O)c3ccccc3)n2)cc1. The van der Waals surface area contributed by atoms with Gasteiger partial charge < -0.3 is 4.74 Å². The van der Waals surface area contributed by atoms with E-state index in [0.717, 1.165) is 15.9 Å². The van der Waals surface area contributed by atoms with E-state index in [1.165, 1.54) is 0 Å². The van der Waals surface area contributed by atoms with E-state index in [0.29, 0.717) is 11.4 Å². The van der Waals surface area contributed by atoms with E-state index in [1.54, 1.807) is 30.3 Å². The number of esters is 1. The zero-order valence-electron chi connectivity index (χ0n) is 15.5. The van der Waals surface area contributed by atoms with Crippen LogP contribution in [0.5, 0.6) is 0 Å². The summed E-state index contributed by atoms with van der Waals surface area (Å²) in [6.45, 7) is 1.10. The third kappa shape index (κ3) is 5.70. The molecule has 2 aromatic carbocycles. The van der Waals surface area contributed by atoms with E-state index in [2.05, 4.69) is 26.3 Å². The average Bonchev–Trinajstić information content (AvgIpc) is 3.20. The molecule has 0 saturated carbocycles. The Morgan fingerprint density at radius 3 is 2.45 bits per heavy atom. The zero-order chi connectivity index (χ0) is 20.6. The second-order valence-electron chi connectivity index (χ2n) is 6.04. The minimum Gasteiger partial charge on any atom is -0.454 e. The lowest BCUT2D eigenvalue weighted by Gasteiger charge is -2.07. The average molecular weight is 394 g/mol. The summed E-state index contributed by atoms with van der Waals surface area (Å²) in [6, 6.07) is 15.9. The number of carbonyl (C=O) groups excluding carboxylic acids is 3. The van der Waals surface area contributed by atoms with Crippen LogP contribution < -0.4 is 10.9 Å². The van der Waals surface area contributed by atoms with Crippen molar-refractivity contribution in [1.82, 2.24) is 31.1 Å². The Hall–Kier alpha value is -4.08. The Labute approximate surface area is 165 Å². The highest BCUT2D eigenvalue weighted by Crippen LogP contribution is 2.13. The summed E-state index contributed by atoms with van der Waals surface area (Å²) >= 11 is 0. The van der Waals surface area contributed by atoms with Crippen LogP contribution in [0.15, 0.2) is 54.6 Å². The molecule has 148 valence electrons.